The van der Waals surface area contributed by atoms with Crippen LogP contribution in [0.3, 0.4) is 0 Å². The lowest BCUT2D eigenvalue weighted by Crippen LogP contribution is -2.00. The van der Waals surface area contributed by atoms with Gasteiger partial charge in [-0.25, -0.2) is 0 Å². The highest BCUT2D eigenvalue weighted by molar-refractivity contribution is 5.21. The minimum Gasteiger partial charge on any atom is -0.342 e. The fourth-order valence-electron chi connectivity index (χ4n) is 1.23. The van der Waals surface area contributed by atoms with Crippen molar-refractivity contribution in [2.45, 2.75) is 41.2 Å². The first-order chi connectivity index (χ1) is 6.38. The summed E-state index contributed by atoms with van der Waals surface area (Å²) in [4.78, 5) is 0. The van der Waals surface area contributed by atoms with Crippen LogP contribution in [0.5, 0.6) is 0 Å². The van der Waals surface area contributed by atoms with Crippen molar-refractivity contribution in [3.8, 4) is 11.8 Å². The molecule has 0 aromatic carbocycles. The van der Waals surface area contributed by atoms with Crippen LogP contribution in [-0.2, 0) is 6.54 Å². The van der Waals surface area contributed by atoms with Gasteiger partial charge in [0.2, 0.25) is 0 Å². The maximum absolute atomic E-state index is 3.23. The summed E-state index contributed by atoms with van der Waals surface area (Å²) in [6.45, 7) is 11.4. The SMILES string of the molecule is Cc1cn(CC#CC(C)(C)C)cc1C. The molecular formula is C13H19N. The molecule has 1 heteroatoms. The molecule has 0 aliphatic carbocycles. The van der Waals surface area contributed by atoms with Crippen LogP contribution < -0.4 is 0 Å². The largest absolute Gasteiger partial charge is 0.342 e. The van der Waals surface area contributed by atoms with Crippen molar-refractivity contribution in [2.75, 3.05) is 0 Å². The van der Waals surface area contributed by atoms with Crippen molar-refractivity contribution in [1.29, 1.82) is 0 Å². The molecule has 1 nitrogen and oxygen atoms in total. The summed E-state index contributed by atoms with van der Waals surface area (Å²) in [6.07, 6.45) is 4.29. The van der Waals surface area contributed by atoms with Crippen LogP contribution in [0.25, 0.3) is 0 Å². The standard InChI is InChI=1S/C13H19N/c1-11-9-14(10-12(11)2)8-6-7-13(3,4)5/h9-10H,8H2,1-5H3. The molecule has 0 atom stereocenters. The number of hydrogen-bond acceptors (Lipinski definition) is 0. The highest BCUT2D eigenvalue weighted by atomic mass is 14.9. The smallest absolute Gasteiger partial charge is 0.0832 e. The molecule has 0 bridgehead atoms. The number of aromatic nitrogens is 1. The van der Waals surface area contributed by atoms with Gasteiger partial charge in [-0.2, -0.15) is 0 Å². The fraction of sp³-hybridized carbons (Fsp3) is 0.538. The Kier molecular flexibility index (Phi) is 3.06. The maximum Gasteiger partial charge on any atom is 0.0832 e. The second kappa shape index (κ2) is 3.92. The van der Waals surface area contributed by atoms with Crippen molar-refractivity contribution in [2.24, 2.45) is 5.41 Å². The predicted molar refractivity (Wildman–Crippen MR) is 61.1 cm³/mol. The van der Waals surface area contributed by atoms with Gasteiger partial charge in [0.15, 0.2) is 0 Å². The number of nitrogens with zero attached hydrogens (tertiary/aromatic N) is 1. The molecule has 76 valence electrons. The Bertz CT molecular complexity index is 347. The zero-order valence-corrected chi connectivity index (χ0v) is 9.81. The molecule has 14 heavy (non-hydrogen) atoms. The topological polar surface area (TPSA) is 4.93 Å². The fourth-order valence-corrected chi connectivity index (χ4v) is 1.23. The molecule has 0 spiro atoms. The summed E-state index contributed by atoms with van der Waals surface area (Å²) in [7, 11) is 0. The van der Waals surface area contributed by atoms with Crippen LogP contribution in [0.15, 0.2) is 12.4 Å². The van der Waals surface area contributed by atoms with Gasteiger partial charge in [0.1, 0.15) is 0 Å². The first-order valence-electron chi connectivity index (χ1n) is 5.01. The zero-order chi connectivity index (χ0) is 10.8. The summed E-state index contributed by atoms with van der Waals surface area (Å²) < 4.78 is 2.14. The van der Waals surface area contributed by atoms with Crippen molar-refractivity contribution in [1.82, 2.24) is 4.57 Å². The second-order valence-corrected chi connectivity index (χ2v) is 4.85. The van der Waals surface area contributed by atoms with Crippen molar-refractivity contribution in [3.63, 3.8) is 0 Å². The monoisotopic (exact) mass is 189 g/mol. The van der Waals surface area contributed by atoms with E-state index >= 15 is 0 Å². The van der Waals surface area contributed by atoms with E-state index < -0.39 is 0 Å². The lowest BCUT2D eigenvalue weighted by atomic mass is 9.98. The molecule has 0 fully saturated rings. The van der Waals surface area contributed by atoms with E-state index in [-0.39, 0.29) is 5.41 Å². The Hall–Kier alpha value is -1.16. The molecule has 0 unspecified atom stereocenters. The van der Waals surface area contributed by atoms with Gasteiger partial charge in [-0.1, -0.05) is 11.8 Å². The van der Waals surface area contributed by atoms with E-state index in [1.807, 2.05) is 0 Å². The van der Waals surface area contributed by atoms with E-state index in [4.69, 9.17) is 0 Å². The van der Waals surface area contributed by atoms with Crippen LogP contribution in [0, 0.1) is 31.1 Å². The lowest BCUT2D eigenvalue weighted by molar-refractivity contribution is 0.569. The molecule has 0 saturated carbocycles. The summed E-state index contributed by atoms with van der Waals surface area (Å²) in [6, 6.07) is 0. The van der Waals surface area contributed by atoms with Gasteiger partial charge in [-0.15, -0.1) is 0 Å². The third kappa shape index (κ3) is 3.30. The Morgan fingerprint density at radius 1 is 1.14 bits per heavy atom. The minimum absolute atomic E-state index is 0.108. The van der Waals surface area contributed by atoms with Crippen LogP contribution in [-0.4, -0.2) is 4.57 Å². The molecule has 1 aromatic heterocycles. The highest BCUT2D eigenvalue weighted by Gasteiger charge is 2.03. The van der Waals surface area contributed by atoms with Crippen molar-refractivity contribution < 1.29 is 0 Å². The predicted octanol–water partition coefficient (Wildman–Crippen LogP) is 3.15. The van der Waals surface area contributed by atoms with Crippen LogP contribution >= 0.6 is 0 Å². The molecule has 1 heterocycles. The summed E-state index contributed by atoms with van der Waals surface area (Å²) in [5.41, 5.74) is 2.78. The van der Waals surface area contributed by atoms with E-state index in [0.29, 0.717) is 0 Å². The molecule has 0 radical (unpaired) electrons. The van der Waals surface area contributed by atoms with Gasteiger partial charge in [0.25, 0.3) is 0 Å². The van der Waals surface area contributed by atoms with Crippen LogP contribution in [0.2, 0.25) is 0 Å². The average Bonchev–Trinajstić information content (AvgIpc) is 2.28. The van der Waals surface area contributed by atoms with Gasteiger partial charge in [-0.3, -0.25) is 0 Å². The third-order valence-electron chi connectivity index (χ3n) is 2.07. The van der Waals surface area contributed by atoms with E-state index in [2.05, 4.69) is 63.4 Å². The highest BCUT2D eigenvalue weighted by Crippen LogP contribution is 2.10. The maximum atomic E-state index is 3.23. The van der Waals surface area contributed by atoms with E-state index in [1.54, 1.807) is 0 Å². The Balaban J connectivity index is 2.65. The molecule has 1 rings (SSSR count). The summed E-state index contributed by atoms with van der Waals surface area (Å²) >= 11 is 0. The summed E-state index contributed by atoms with van der Waals surface area (Å²) in [5.74, 6) is 6.42. The molecule has 0 saturated heterocycles. The molecule has 0 amide bonds. The van der Waals surface area contributed by atoms with Gasteiger partial charge in [-0.05, 0) is 45.7 Å². The van der Waals surface area contributed by atoms with Crippen molar-refractivity contribution >= 4 is 0 Å². The number of hydrogen-bond donors (Lipinski definition) is 0. The Morgan fingerprint density at radius 2 is 1.64 bits per heavy atom. The van der Waals surface area contributed by atoms with E-state index in [0.717, 1.165) is 6.54 Å². The Labute approximate surface area is 87.1 Å². The Morgan fingerprint density at radius 3 is 2.07 bits per heavy atom. The molecular weight excluding hydrogens is 170 g/mol. The zero-order valence-electron chi connectivity index (χ0n) is 9.81. The van der Waals surface area contributed by atoms with E-state index in [1.165, 1.54) is 11.1 Å². The van der Waals surface area contributed by atoms with Crippen molar-refractivity contribution in [3.05, 3.63) is 23.5 Å². The third-order valence-corrected chi connectivity index (χ3v) is 2.07. The normalized spacial score (nSPS) is 10.9. The minimum atomic E-state index is 0.108. The van der Waals surface area contributed by atoms with E-state index in [9.17, 15) is 0 Å². The number of rotatable bonds is 1. The average molecular weight is 189 g/mol. The molecule has 0 N–H and O–H groups in total. The lowest BCUT2D eigenvalue weighted by Gasteiger charge is -2.06. The number of aryl methyl sites for hydroxylation is 2. The van der Waals surface area contributed by atoms with Gasteiger partial charge < -0.3 is 4.57 Å². The first-order valence-corrected chi connectivity index (χ1v) is 5.01. The second-order valence-electron chi connectivity index (χ2n) is 4.85. The van der Waals surface area contributed by atoms with Crippen LogP contribution in [0.1, 0.15) is 31.9 Å². The molecule has 0 aliphatic rings. The first kappa shape index (κ1) is 10.9. The molecule has 1 aromatic rings. The summed E-state index contributed by atoms with van der Waals surface area (Å²) in [5, 5.41) is 0. The van der Waals surface area contributed by atoms with Crippen LogP contribution in [0.4, 0.5) is 0 Å². The molecule has 0 aliphatic heterocycles. The quantitative estimate of drug-likeness (QED) is 0.598. The van der Waals surface area contributed by atoms with Gasteiger partial charge in [0.05, 0.1) is 6.54 Å². The van der Waals surface area contributed by atoms with Gasteiger partial charge >= 0.3 is 0 Å². The van der Waals surface area contributed by atoms with Gasteiger partial charge in [0, 0.05) is 17.8 Å².